The van der Waals surface area contributed by atoms with E-state index >= 15 is 0 Å². The molecule has 0 bridgehead atoms. The number of rotatable bonds is 0. The number of hydrogen-bond donors (Lipinski definition) is 0. The topological polar surface area (TPSA) is 23.1 Å². The van der Waals surface area contributed by atoms with E-state index < -0.39 is 12.8 Å². The summed E-state index contributed by atoms with van der Waals surface area (Å²) in [6, 6.07) is 8.36. The zero-order valence-electron chi connectivity index (χ0n) is 9.06. The van der Waals surface area contributed by atoms with Gasteiger partial charge in [0.25, 0.3) is 0 Å². The molecule has 5 heteroatoms. The van der Waals surface area contributed by atoms with Crippen LogP contribution in [0.4, 0.5) is 13.2 Å². The van der Waals surface area contributed by atoms with Gasteiger partial charge >= 0.3 is 35.7 Å². The van der Waals surface area contributed by atoms with Crippen LogP contribution in [-0.2, 0) is 0 Å². The maximum absolute atomic E-state index is 10.5. The molecule has 0 heterocycles. The smallest absolute Gasteiger partial charge is 0.848 e. The standard InChI is InChI=1S/C8H10.C2H2F3O.Na/c1-7-5-3-4-6-8(7)2;3-2(4,5)1-6;/h3-6H,1-2H3;1H2;/q;-1;+1. The molecule has 1 nitrogen and oxygen atoms in total. The monoisotopic (exact) mass is 228 g/mol. The van der Waals surface area contributed by atoms with Crippen molar-refractivity contribution in [3.63, 3.8) is 0 Å². The minimum atomic E-state index is -4.51. The summed E-state index contributed by atoms with van der Waals surface area (Å²) in [7, 11) is 0. The Morgan fingerprint density at radius 1 is 1.07 bits per heavy atom. The Hall–Kier alpha value is -0.0300. The Morgan fingerprint density at radius 2 is 1.33 bits per heavy atom. The number of aryl methyl sites for hydroxylation is 2. The normalized spacial score (nSPS) is 9.73. The van der Waals surface area contributed by atoms with Crippen LogP contribution in [0.1, 0.15) is 11.1 Å². The zero-order valence-corrected chi connectivity index (χ0v) is 11.1. The van der Waals surface area contributed by atoms with Gasteiger partial charge in [0.2, 0.25) is 0 Å². The molecule has 0 amide bonds. The molecule has 0 aliphatic carbocycles. The second-order valence-electron chi connectivity index (χ2n) is 2.84. The number of hydrogen-bond acceptors (Lipinski definition) is 1. The van der Waals surface area contributed by atoms with Crippen molar-refractivity contribution in [2.24, 2.45) is 0 Å². The predicted octanol–water partition coefficient (Wildman–Crippen LogP) is -0.784. The van der Waals surface area contributed by atoms with Crippen molar-refractivity contribution in [2.75, 3.05) is 6.61 Å². The van der Waals surface area contributed by atoms with Gasteiger partial charge in [0, 0.05) is 0 Å². The average Bonchev–Trinajstić information content (AvgIpc) is 2.10. The molecule has 0 aliphatic heterocycles. The predicted molar refractivity (Wildman–Crippen MR) is 46.8 cm³/mol. The van der Waals surface area contributed by atoms with E-state index in [-0.39, 0.29) is 29.6 Å². The third-order valence-corrected chi connectivity index (χ3v) is 1.59. The third-order valence-electron chi connectivity index (χ3n) is 1.59. The van der Waals surface area contributed by atoms with E-state index in [0.29, 0.717) is 0 Å². The van der Waals surface area contributed by atoms with Gasteiger partial charge in [-0.15, -0.1) is 0 Å². The van der Waals surface area contributed by atoms with Crippen molar-refractivity contribution in [3.05, 3.63) is 35.4 Å². The molecule has 0 saturated heterocycles. The average molecular weight is 228 g/mol. The molecule has 80 valence electrons. The molecule has 0 unspecified atom stereocenters. The van der Waals surface area contributed by atoms with Crippen LogP contribution in [0.25, 0.3) is 0 Å². The second kappa shape index (κ2) is 8.16. The summed E-state index contributed by atoms with van der Waals surface area (Å²) in [5.41, 5.74) is 2.74. The molecular weight excluding hydrogens is 216 g/mol. The summed E-state index contributed by atoms with van der Waals surface area (Å²) in [4.78, 5) is 0. The molecule has 0 radical (unpaired) electrons. The van der Waals surface area contributed by atoms with Gasteiger partial charge in [-0.25, -0.2) is 0 Å². The first-order valence-electron chi connectivity index (χ1n) is 4.04. The first-order chi connectivity index (χ1) is 6.37. The Morgan fingerprint density at radius 3 is 1.47 bits per heavy atom. The quantitative estimate of drug-likeness (QED) is 0.534. The fraction of sp³-hybridized carbons (Fsp3) is 0.400. The summed E-state index contributed by atoms with van der Waals surface area (Å²) in [6.45, 7) is 2.26. The summed E-state index contributed by atoms with van der Waals surface area (Å²) in [6.07, 6.45) is -4.51. The number of benzene rings is 1. The van der Waals surface area contributed by atoms with Crippen molar-refractivity contribution in [1.82, 2.24) is 0 Å². The van der Waals surface area contributed by atoms with Crippen LogP contribution in [0.15, 0.2) is 24.3 Å². The molecule has 15 heavy (non-hydrogen) atoms. The van der Waals surface area contributed by atoms with E-state index in [1.54, 1.807) is 0 Å². The van der Waals surface area contributed by atoms with Gasteiger partial charge < -0.3 is 5.11 Å². The molecule has 0 atom stereocenters. The van der Waals surface area contributed by atoms with Crippen LogP contribution in [0.5, 0.6) is 0 Å². The molecule has 0 saturated carbocycles. The van der Waals surface area contributed by atoms with Crippen molar-refractivity contribution in [2.45, 2.75) is 20.0 Å². The van der Waals surface area contributed by atoms with Crippen LogP contribution in [0.2, 0.25) is 0 Å². The van der Waals surface area contributed by atoms with E-state index in [9.17, 15) is 13.2 Å². The van der Waals surface area contributed by atoms with E-state index in [1.165, 1.54) is 11.1 Å². The van der Waals surface area contributed by atoms with Crippen LogP contribution in [0.3, 0.4) is 0 Å². The van der Waals surface area contributed by atoms with E-state index in [2.05, 4.69) is 38.1 Å². The van der Waals surface area contributed by atoms with Gasteiger partial charge in [0.05, 0.1) is 0 Å². The first-order valence-corrected chi connectivity index (χ1v) is 4.04. The Kier molecular flexibility index (Phi) is 9.45. The zero-order chi connectivity index (χ0) is 11.2. The molecular formula is C10H12F3NaO. The summed E-state index contributed by atoms with van der Waals surface area (Å²) in [5.74, 6) is 0. The molecule has 0 aliphatic rings. The van der Waals surface area contributed by atoms with Crippen LogP contribution in [0, 0.1) is 13.8 Å². The minimum Gasteiger partial charge on any atom is -0.848 e. The van der Waals surface area contributed by atoms with Gasteiger partial charge in [0.1, 0.15) is 0 Å². The maximum Gasteiger partial charge on any atom is 1.00 e. The van der Waals surface area contributed by atoms with Gasteiger partial charge in [-0.1, -0.05) is 24.3 Å². The number of halogens is 3. The van der Waals surface area contributed by atoms with Crippen molar-refractivity contribution >= 4 is 0 Å². The molecule has 0 fully saturated rings. The molecule has 1 aromatic rings. The van der Waals surface area contributed by atoms with Gasteiger partial charge in [-0.3, -0.25) is 0 Å². The van der Waals surface area contributed by atoms with Crippen LogP contribution >= 0.6 is 0 Å². The van der Waals surface area contributed by atoms with Crippen molar-refractivity contribution < 1.29 is 47.8 Å². The fourth-order valence-corrected chi connectivity index (χ4v) is 0.663. The van der Waals surface area contributed by atoms with Crippen LogP contribution < -0.4 is 34.7 Å². The van der Waals surface area contributed by atoms with Crippen LogP contribution in [-0.4, -0.2) is 12.8 Å². The summed E-state index contributed by atoms with van der Waals surface area (Å²) < 4.78 is 31.4. The van der Waals surface area contributed by atoms with Crippen molar-refractivity contribution in [3.8, 4) is 0 Å². The molecule has 0 aromatic heterocycles. The van der Waals surface area contributed by atoms with Gasteiger partial charge in [0.15, 0.2) is 0 Å². The largest absolute Gasteiger partial charge is 1.00 e. The fourth-order valence-electron chi connectivity index (χ4n) is 0.663. The molecule has 0 N–H and O–H groups in total. The maximum atomic E-state index is 10.5. The van der Waals surface area contributed by atoms with Crippen molar-refractivity contribution in [1.29, 1.82) is 0 Å². The SMILES string of the molecule is Cc1ccccc1C.[Na+].[O-]CC(F)(F)F. The Labute approximate surface area is 110 Å². The molecule has 0 spiro atoms. The van der Waals surface area contributed by atoms with E-state index in [0.717, 1.165) is 0 Å². The van der Waals surface area contributed by atoms with E-state index in [4.69, 9.17) is 5.11 Å². The minimum absolute atomic E-state index is 0. The molecule has 1 rings (SSSR count). The molecule has 1 aromatic carbocycles. The summed E-state index contributed by atoms with van der Waals surface area (Å²) in [5, 5.41) is 8.83. The number of alkyl halides is 3. The summed E-state index contributed by atoms with van der Waals surface area (Å²) >= 11 is 0. The second-order valence-corrected chi connectivity index (χ2v) is 2.84. The third kappa shape index (κ3) is 10.3. The van der Waals surface area contributed by atoms with E-state index in [1.807, 2.05) is 0 Å². The van der Waals surface area contributed by atoms with Gasteiger partial charge in [-0.05, 0) is 31.6 Å². The van der Waals surface area contributed by atoms with Gasteiger partial charge in [-0.2, -0.15) is 13.2 Å². The Bertz CT molecular complexity index is 253. The first kappa shape index (κ1) is 17.4. The Balaban J connectivity index is 0.